The van der Waals surface area contributed by atoms with Crippen LogP contribution >= 0.6 is 0 Å². The van der Waals surface area contributed by atoms with Gasteiger partial charge in [0.2, 0.25) is 5.91 Å². The van der Waals surface area contributed by atoms with E-state index in [-0.39, 0.29) is 23.8 Å². The molecule has 1 aliphatic carbocycles. The lowest BCUT2D eigenvalue weighted by atomic mass is 10.2. The van der Waals surface area contributed by atoms with Gasteiger partial charge in [0.15, 0.2) is 0 Å². The van der Waals surface area contributed by atoms with Gasteiger partial charge in [-0.05, 0) is 25.8 Å². The Morgan fingerprint density at radius 1 is 1.48 bits per heavy atom. The highest BCUT2D eigenvalue weighted by molar-refractivity contribution is 5.95. The van der Waals surface area contributed by atoms with Crippen LogP contribution in [0.3, 0.4) is 0 Å². The first kappa shape index (κ1) is 15.1. The zero-order valence-corrected chi connectivity index (χ0v) is 12.0. The van der Waals surface area contributed by atoms with E-state index in [9.17, 15) is 9.59 Å². The molecule has 114 valence electrons. The van der Waals surface area contributed by atoms with Crippen molar-refractivity contribution in [3.63, 3.8) is 0 Å². The van der Waals surface area contributed by atoms with Crippen LogP contribution in [0, 0.1) is 0 Å². The van der Waals surface area contributed by atoms with E-state index in [1.165, 1.54) is 12.3 Å². The second-order valence-corrected chi connectivity index (χ2v) is 4.90. The van der Waals surface area contributed by atoms with E-state index in [2.05, 4.69) is 15.6 Å². The average molecular weight is 292 g/mol. The van der Waals surface area contributed by atoms with Gasteiger partial charge in [0.1, 0.15) is 5.82 Å². The van der Waals surface area contributed by atoms with Crippen molar-refractivity contribution in [3.8, 4) is 0 Å². The van der Waals surface area contributed by atoms with Crippen LogP contribution in [0.2, 0.25) is 0 Å². The summed E-state index contributed by atoms with van der Waals surface area (Å²) < 4.78 is 4.92. The molecule has 1 saturated carbocycles. The maximum Gasteiger partial charge on any atom is 0.340 e. The molecule has 1 amide bonds. The molecule has 0 spiro atoms. The summed E-state index contributed by atoms with van der Waals surface area (Å²) in [4.78, 5) is 27.3. The van der Waals surface area contributed by atoms with Crippen molar-refractivity contribution >= 4 is 23.4 Å². The highest BCUT2D eigenvalue weighted by Gasteiger charge is 2.22. The number of nitrogen functional groups attached to an aromatic ring is 1. The Balaban J connectivity index is 1.86. The lowest BCUT2D eigenvalue weighted by Gasteiger charge is -2.09. The number of aromatic nitrogens is 1. The van der Waals surface area contributed by atoms with Gasteiger partial charge in [-0.3, -0.25) is 4.79 Å². The number of nitrogens with two attached hydrogens (primary N) is 1. The molecule has 0 bridgehead atoms. The number of anilines is 2. The van der Waals surface area contributed by atoms with Gasteiger partial charge in [-0.1, -0.05) is 0 Å². The number of nitrogens with one attached hydrogen (secondary N) is 2. The third kappa shape index (κ3) is 4.62. The summed E-state index contributed by atoms with van der Waals surface area (Å²) in [7, 11) is 0. The number of hydrogen-bond acceptors (Lipinski definition) is 6. The predicted octanol–water partition coefficient (Wildman–Crippen LogP) is 0.921. The molecule has 0 unspecified atom stereocenters. The van der Waals surface area contributed by atoms with Crippen molar-refractivity contribution in [1.82, 2.24) is 10.3 Å². The van der Waals surface area contributed by atoms with E-state index in [0.717, 1.165) is 12.8 Å². The minimum Gasteiger partial charge on any atom is -0.462 e. The number of rotatable bonds is 7. The topological polar surface area (TPSA) is 106 Å². The van der Waals surface area contributed by atoms with E-state index in [1.54, 1.807) is 6.92 Å². The molecule has 1 fully saturated rings. The van der Waals surface area contributed by atoms with Crippen LogP contribution in [0.15, 0.2) is 12.3 Å². The highest BCUT2D eigenvalue weighted by Crippen LogP contribution is 2.19. The summed E-state index contributed by atoms with van der Waals surface area (Å²) in [6, 6.07) is 1.90. The maximum absolute atomic E-state index is 11.7. The van der Waals surface area contributed by atoms with Crippen molar-refractivity contribution in [2.75, 3.05) is 24.2 Å². The Morgan fingerprint density at radius 2 is 2.24 bits per heavy atom. The highest BCUT2D eigenvalue weighted by atomic mass is 16.5. The second-order valence-electron chi connectivity index (χ2n) is 4.90. The van der Waals surface area contributed by atoms with Crippen LogP contribution in [0.4, 0.5) is 11.5 Å². The lowest BCUT2D eigenvalue weighted by molar-refractivity contribution is -0.120. The largest absolute Gasteiger partial charge is 0.462 e. The van der Waals surface area contributed by atoms with Gasteiger partial charge in [-0.25, -0.2) is 9.78 Å². The number of nitrogens with zero attached hydrogens (tertiary/aromatic N) is 1. The summed E-state index contributed by atoms with van der Waals surface area (Å²) in [5, 5.41) is 5.90. The first-order valence-corrected chi connectivity index (χ1v) is 7.06. The molecule has 1 aromatic rings. The Morgan fingerprint density at radius 3 is 2.90 bits per heavy atom. The summed E-state index contributed by atoms with van der Waals surface area (Å²) >= 11 is 0. The fourth-order valence-electron chi connectivity index (χ4n) is 1.78. The average Bonchev–Trinajstić information content (AvgIpc) is 3.24. The van der Waals surface area contributed by atoms with E-state index < -0.39 is 5.97 Å². The molecule has 0 radical (unpaired) electrons. The number of carbonyl (C=O) groups excluding carboxylic acids is 2. The molecule has 0 saturated heterocycles. The minimum absolute atomic E-state index is 0.0195. The van der Waals surface area contributed by atoms with Crippen molar-refractivity contribution in [3.05, 3.63) is 17.8 Å². The third-order valence-electron chi connectivity index (χ3n) is 3.03. The fraction of sp³-hybridized carbons (Fsp3) is 0.500. The van der Waals surface area contributed by atoms with Crippen LogP contribution in [0.25, 0.3) is 0 Å². The number of pyridine rings is 1. The van der Waals surface area contributed by atoms with Crippen LogP contribution in [-0.4, -0.2) is 36.1 Å². The molecule has 1 aliphatic rings. The summed E-state index contributed by atoms with van der Waals surface area (Å²) in [6.45, 7) is 2.45. The van der Waals surface area contributed by atoms with Crippen LogP contribution in [0.5, 0.6) is 0 Å². The smallest absolute Gasteiger partial charge is 0.340 e. The zero-order chi connectivity index (χ0) is 15.2. The Labute approximate surface area is 123 Å². The molecule has 0 aliphatic heterocycles. The molecule has 1 aromatic heterocycles. The van der Waals surface area contributed by atoms with Gasteiger partial charge in [0.05, 0.1) is 24.1 Å². The molecule has 21 heavy (non-hydrogen) atoms. The monoisotopic (exact) mass is 292 g/mol. The second kappa shape index (κ2) is 6.92. The summed E-state index contributed by atoms with van der Waals surface area (Å²) in [6.07, 6.45) is 3.90. The van der Waals surface area contributed by atoms with Gasteiger partial charge in [0, 0.05) is 19.0 Å². The molecule has 7 nitrogen and oxygen atoms in total. The van der Waals surface area contributed by atoms with E-state index in [1.807, 2.05) is 0 Å². The molecule has 0 aromatic carbocycles. The molecule has 1 heterocycles. The maximum atomic E-state index is 11.7. The van der Waals surface area contributed by atoms with E-state index in [0.29, 0.717) is 24.8 Å². The molecule has 7 heteroatoms. The molecule has 4 N–H and O–H groups in total. The number of carbonyl (C=O) groups is 2. The molecular formula is C14H20N4O3. The van der Waals surface area contributed by atoms with Crippen LogP contribution in [-0.2, 0) is 9.53 Å². The molecule has 2 rings (SSSR count). The standard InChI is InChI=1S/C14H20N4O3/c1-2-21-14(20)10-7-12(17-8-11(10)15)16-6-5-13(19)18-9-3-4-9/h7-9H,2-6,15H2,1H3,(H,16,17)(H,18,19). The van der Waals surface area contributed by atoms with Crippen molar-refractivity contribution in [1.29, 1.82) is 0 Å². The van der Waals surface area contributed by atoms with Crippen molar-refractivity contribution < 1.29 is 14.3 Å². The number of ether oxygens (including phenoxy) is 1. The van der Waals surface area contributed by atoms with Gasteiger partial charge < -0.3 is 21.1 Å². The third-order valence-corrected chi connectivity index (χ3v) is 3.03. The predicted molar refractivity (Wildman–Crippen MR) is 78.9 cm³/mol. The van der Waals surface area contributed by atoms with Gasteiger partial charge in [0.25, 0.3) is 0 Å². The van der Waals surface area contributed by atoms with Gasteiger partial charge in [-0.2, -0.15) is 0 Å². The zero-order valence-electron chi connectivity index (χ0n) is 12.0. The van der Waals surface area contributed by atoms with Gasteiger partial charge >= 0.3 is 5.97 Å². The number of amides is 1. The molecular weight excluding hydrogens is 272 g/mol. The summed E-state index contributed by atoms with van der Waals surface area (Å²) in [5.74, 6) is 0.0319. The Hall–Kier alpha value is -2.31. The Kier molecular flexibility index (Phi) is 4.97. The van der Waals surface area contributed by atoms with Crippen molar-refractivity contribution in [2.45, 2.75) is 32.2 Å². The lowest BCUT2D eigenvalue weighted by Crippen LogP contribution is -2.27. The van der Waals surface area contributed by atoms with Gasteiger partial charge in [-0.15, -0.1) is 0 Å². The van der Waals surface area contributed by atoms with Crippen molar-refractivity contribution in [2.24, 2.45) is 0 Å². The first-order chi connectivity index (χ1) is 10.1. The quantitative estimate of drug-likeness (QED) is 0.645. The fourth-order valence-corrected chi connectivity index (χ4v) is 1.78. The summed E-state index contributed by atoms with van der Waals surface area (Å²) in [5.41, 5.74) is 6.25. The first-order valence-electron chi connectivity index (χ1n) is 7.06. The number of hydrogen-bond donors (Lipinski definition) is 3. The molecule has 0 atom stereocenters. The van der Waals surface area contributed by atoms with E-state index in [4.69, 9.17) is 10.5 Å². The number of esters is 1. The van der Waals surface area contributed by atoms with E-state index >= 15 is 0 Å². The SMILES string of the molecule is CCOC(=O)c1cc(NCCC(=O)NC2CC2)ncc1N. The Bertz CT molecular complexity index is 529. The minimum atomic E-state index is -0.480. The van der Waals surface area contributed by atoms with Crippen LogP contribution < -0.4 is 16.4 Å². The normalized spacial score (nSPS) is 13.6. The van der Waals surface area contributed by atoms with Crippen LogP contribution in [0.1, 0.15) is 36.5 Å².